The van der Waals surface area contributed by atoms with Gasteiger partial charge in [-0.3, -0.25) is 0 Å². The molecule has 1 spiro atoms. The van der Waals surface area contributed by atoms with Crippen molar-refractivity contribution in [1.82, 2.24) is 10.6 Å². The van der Waals surface area contributed by atoms with Crippen LogP contribution in [-0.2, 0) is 0 Å². The van der Waals surface area contributed by atoms with Gasteiger partial charge in [-0.25, -0.2) is 0 Å². The number of piperidine rings is 1. The van der Waals surface area contributed by atoms with Crippen LogP contribution >= 0.6 is 0 Å². The summed E-state index contributed by atoms with van der Waals surface area (Å²) in [4.78, 5) is 0. The lowest BCUT2D eigenvalue weighted by Crippen LogP contribution is -2.38. The minimum absolute atomic E-state index is 0.325. The molecule has 0 radical (unpaired) electrons. The summed E-state index contributed by atoms with van der Waals surface area (Å²) in [7, 11) is 0. The van der Waals surface area contributed by atoms with Crippen molar-refractivity contribution < 1.29 is 0 Å². The smallest absolute Gasteiger partial charge is 0.0379 e. The molecule has 18 heavy (non-hydrogen) atoms. The van der Waals surface area contributed by atoms with Gasteiger partial charge in [0.1, 0.15) is 0 Å². The molecule has 2 fully saturated rings. The molecule has 2 N–H and O–H groups in total. The van der Waals surface area contributed by atoms with Crippen LogP contribution in [0.5, 0.6) is 0 Å². The molecule has 0 bridgehead atoms. The summed E-state index contributed by atoms with van der Waals surface area (Å²) < 4.78 is 0. The molecule has 0 aromatic heterocycles. The van der Waals surface area contributed by atoms with Crippen molar-refractivity contribution in [3.8, 4) is 0 Å². The standard InChI is InChI=1S/C16H24N2/c1-4-5-15-14(7-6-13(2)3)16(12-18-15)8-10-17-11-9-16/h4-7,17-18H,1,8-12H2,2-3H3/b14-7+,15-5+. The molecular weight excluding hydrogens is 220 g/mol. The van der Waals surface area contributed by atoms with Gasteiger partial charge in [-0.1, -0.05) is 30.4 Å². The van der Waals surface area contributed by atoms with Crippen LogP contribution < -0.4 is 10.6 Å². The molecule has 2 saturated heterocycles. The molecule has 0 amide bonds. The van der Waals surface area contributed by atoms with Gasteiger partial charge in [-0.15, -0.1) is 0 Å². The van der Waals surface area contributed by atoms with Gasteiger partial charge in [0, 0.05) is 17.7 Å². The highest BCUT2D eigenvalue weighted by Gasteiger charge is 2.41. The van der Waals surface area contributed by atoms with Crippen LogP contribution in [0.15, 0.2) is 47.7 Å². The normalized spacial score (nSPS) is 26.3. The third-order valence-corrected chi connectivity index (χ3v) is 3.91. The van der Waals surface area contributed by atoms with Crippen LogP contribution in [0.4, 0.5) is 0 Å². The molecule has 2 aliphatic heterocycles. The number of hydrogen-bond acceptors (Lipinski definition) is 2. The third kappa shape index (κ3) is 2.59. The molecule has 2 nitrogen and oxygen atoms in total. The molecule has 0 aliphatic carbocycles. The van der Waals surface area contributed by atoms with Crippen LogP contribution in [0, 0.1) is 5.41 Å². The van der Waals surface area contributed by atoms with E-state index in [9.17, 15) is 0 Å². The van der Waals surface area contributed by atoms with Crippen molar-refractivity contribution in [2.24, 2.45) is 5.41 Å². The monoisotopic (exact) mass is 244 g/mol. The predicted molar refractivity (Wildman–Crippen MR) is 78.3 cm³/mol. The Balaban J connectivity index is 2.35. The van der Waals surface area contributed by atoms with Gasteiger partial charge >= 0.3 is 0 Å². The third-order valence-electron chi connectivity index (χ3n) is 3.91. The molecule has 0 aromatic carbocycles. The lowest BCUT2D eigenvalue weighted by atomic mass is 9.74. The van der Waals surface area contributed by atoms with Crippen molar-refractivity contribution in [3.05, 3.63) is 47.7 Å². The van der Waals surface area contributed by atoms with E-state index >= 15 is 0 Å². The Labute approximate surface area is 111 Å². The SMILES string of the molecule is C=C/C=C1/NCC2(CCNCC2)/C1=C/C=C(C)C. The average Bonchev–Trinajstić information content (AvgIpc) is 2.67. The molecular formula is C16H24N2. The van der Waals surface area contributed by atoms with E-state index in [1.165, 1.54) is 29.7 Å². The van der Waals surface area contributed by atoms with E-state index in [1.807, 2.05) is 6.08 Å². The number of allylic oxidation sites excluding steroid dienone is 6. The molecule has 0 saturated carbocycles. The Morgan fingerprint density at radius 1 is 1.22 bits per heavy atom. The summed E-state index contributed by atoms with van der Waals surface area (Å²) >= 11 is 0. The van der Waals surface area contributed by atoms with E-state index in [0.717, 1.165) is 19.6 Å². The minimum Gasteiger partial charge on any atom is -0.384 e. The largest absolute Gasteiger partial charge is 0.384 e. The number of rotatable bonds is 2. The number of nitrogens with one attached hydrogen (secondary N) is 2. The molecule has 2 aliphatic rings. The second kappa shape index (κ2) is 5.57. The van der Waals surface area contributed by atoms with Gasteiger partial charge in [0.15, 0.2) is 0 Å². The Morgan fingerprint density at radius 2 is 1.94 bits per heavy atom. The zero-order valence-corrected chi connectivity index (χ0v) is 11.6. The topological polar surface area (TPSA) is 24.1 Å². The summed E-state index contributed by atoms with van der Waals surface area (Å²) in [6.07, 6.45) is 10.9. The molecule has 2 rings (SSSR count). The maximum Gasteiger partial charge on any atom is 0.0379 e. The minimum atomic E-state index is 0.325. The van der Waals surface area contributed by atoms with Gasteiger partial charge < -0.3 is 10.6 Å². The van der Waals surface area contributed by atoms with Crippen molar-refractivity contribution in [2.45, 2.75) is 26.7 Å². The first-order valence-corrected chi connectivity index (χ1v) is 6.81. The van der Waals surface area contributed by atoms with E-state index in [0.29, 0.717) is 5.41 Å². The zero-order valence-electron chi connectivity index (χ0n) is 11.6. The fraction of sp³-hybridized carbons (Fsp3) is 0.500. The summed E-state index contributed by atoms with van der Waals surface area (Å²) in [5.41, 5.74) is 4.39. The maximum atomic E-state index is 3.82. The van der Waals surface area contributed by atoms with Crippen molar-refractivity contribution in [3.63, 3.8) is 0 Å². The summed E-state index contributed by atoms with van der Waals surface area (Å²) in [6, 6.07) is 0. The van der Waals surface area contributed by atoms with Crippen molar-refractivity contribution in [2.75, 3.05) is 19.6 Å². The fourth-order valence-corrected chi connectivity index (χ4v) is 2.88. The van der Waals surface area contributed by atoms with Crippen LogP contribution in [0.1, 0.15) is 26.7 Å². The average molecular weight is 244 g/mol. The van der Waals surface area contributed by atoms with E-state index in [1.54, 1.807) is 0 Å². The first-order chi connectivity index (χ1) is 8.68. The van der Waals surface area contributed by atoms with E-state index < -0.39 is 0 Å². The van der Waals surface area contributed by atoms with Gasteiger partial charge in [-0.2, -0.15) is 0 Å². The highest BCUT2D eigenvalue weighted by atomic mass is 15.0. The molecule has 0 aromatic rings. The van der Waals surface area contributed by atoms with Gasteiger partial charge in [0.05, 0.1) is 0 Å². The first kappa shape index (κ1) is 13.2. The van der Waals surface area contributed by atoms with Gasteiger partial charge in [-0.05, 0) is 51.4 Å². The molecule has 2 heteroatoms. The quantitative estimate of drug-likeness (QED) is 0.780. The van der Waals surface area contributed by atoms with E-state index in [-0.39, 0.29) is 0 Å². The van der Waals surface area contributed by atoms with E-state index in [4.69, 9.17) is 0 Å². The molecule has 0 atom stereocenters. The Kier molecular flexibility index (Phi) is 4.07. The van der Waals surface area contributed by atoms with Crippen LogP contribution in [0.3, 0.4) is 0 Å². The molecule has 2 heterocycles. The second-order valence-corrected chi connectivity index (χ2v) is 5.52. The first-order valence-electron chi connectivity index (χ1n) is 6.81. The fourth-order valence-electron chi connectivity index (χ4n) is 2.88. The lowest BCUT2D eigenvalue weighted by Gasteiger charge is -2.34. The zero-order chi connectivity index (χ0) is 13.0. The van der Waals surface area contributed by atoms with Gasteiger partial charge in [0.25, 0.3) is 0 Å². The van der Waals surface area contributed by atoms with Crippen LogP contribution in [0.25, 0.3) is 0 Å². The van der Waals surface area contributed by atoms with Crippen molar-refractivity contribution in [1.29, 1.82) is 0 Å². The van der Waals surface area contributed by atoms with Crippen LogP contribution in [0.2, 0.25) is 0 Å². The Hall–Kier alpha value is -1.28. The summed E-state index contributed by atoms with van der Waals surface area (Å²) in [5.74, 6) is 0. The van der Waals surface area contributed by atoms with Gasteiger partial charge in [0.2, 0.25) is 0 Å². The molecule has 98 valence electrons. The Bertz CT molecular complexity index is 403. The summed E-state index contributed by atoms with van der Waals surface area (Å²) in [6.45, 7) is 11.4. The van der Waals surface area contributed by atoms with E-state index in [2.05, 4.69) is 49.3 Å². The Morgan fingerprint density at radius 3 is 2.56 bits per heavy atom. The number of hydrogen-bond donors (Lipinski definition) is 2. The molecule has 0 unspecified atom stereocenters. The summed E-state index contributed by atoms with van der Waals surface area (Å²) in [5, 5.41) is 7.01. The maximum absolute atomic E-state index is 3.82. The highest BCUT2D eigenvalue weighted by Crippen LogP contribution is 2.43. The van der Waals surface area contributed by atoms with Crippen molar-refractivity contribution >= 4 is 0 Å². The predicted octanol–water partition coefficient (Wildman–Crippen LogP) is 2.92. The highest BCUT2D eigenvalue weighted by molar-refractivity contribution is 5.45. The lowest BCUT2D eigenvalue weighted by molar-refractivity contribution is 0.279. The van der Waals surface area contributed by atoms with Crippen LogP contribution in [-0.4, -0.2) is 19.6 Å². The second-order valence-electron chi connectivity index (χ2n) is 5.52.